The van der Waals surface area contributed by atoms with Gasteiger partial charge in [-0.15, -0.1) is 0 Å². The number of nitrogens with one attached hydrogen (secondary N) is 2. The Morgan fingerprint density at radius 2 is 1.87 bits per heavy atom. The van der Waals surface area contributed by atoms with Crippen LogP contribution in [0.25, 0.3) is 0 Å². The summed E-state index contributed by atoms with van der Waals surface area (Å²) >= 11 is 5.97. The molecule has 0 unspecified atom stereocenters. The summed E-state index contributed by atoms with van der Waals surface area (Å²) in [5.74, 6) is -1.57. The molecule has 2 amide bonds. The van der Waals surface area contributed by atoms with Crippen LogP contribution in [0.3, 0.4) is 0 Å². The molecule has 0 fully saturated rings. The number of aliphatic hydroxyl groups is 1. The number of hydrogen-bond donors (Lipinski definition) is 3. The van der Waals surface area contributed by atoms with Crippen LogP contribution in [0.1, 0.15) is 17.4 Å². The highest BCUT2D eigenvalue weighted by molar-refractivity contribution is 6.35. The Morgan fingerprint density at radius 3 is 2.52 bits per heavy atom. The zero-order valence-electron chi connectivity index (χ0n) is 12.6. The second-order valence-corrected chi connectivity index (χ2v) is 5.45. The van der Waals surface area contributed by atoms with E-state index in [1.807, 2.05) is 0 Å². The van der Waals surface area contributed by atoms with Crippen molar-refractivity contribution in [2.45, 2.75) is 12.6 Å². The van der Waals surface area contributed by atoms with Crippen LogP contribution >= 0.6 is 11.6 Å². The van der Waals surface area contributed by atoms with E-state index in [1.54, 1.807) is 54.2 Å². The van der Waals surface area contributed by atoms with Crippen LogP contribution in [-0.2, 0) is 23.2 Å². The van der Waals surface area contributed by atoms with Gasteiger partial charge in [0.25, 0.3) is 0 Å². The van der Waals surface area contributed by atoms with Gasteiger partial charge in [0.05, 0.1) is 0 Å². The third-order valence-electron chi connectivity index (χ3n) is 3.38. The van der Waals surface area contributed by atoms with Crippen LogP contribution in [0.5, 0.6) is 0 Å². The Kier molecular flexibility index (Phi) is 5.78. The Hall–Kier alpha value is -2.31. The predicted octanol–water partition coefficient (Wildman–Crippen LogP) is 1.14. The van der Waals surface area contributed by atoms with Crippen LogP contribution in [0.4, 0.5) is 0 Å². The zero-order chi connectivity index (χ0) is 16.8. The maximum Gasteiger partial charge on any atom is 0.309 e. The Balaban J connectivity index is 1.80. The second kappa shape index (κ2) is 7.80. The smallest absolute Gasteiger partial charge is 0.309 e. The van der Waals surface area contributed by atoms with Gasteiger partial charge in [-0.3, -0.25) is 9.59 Å². The van der Waals surface area contributed by atoms with Crippen molar-refractivity contribution in [2.24, 2.45) is 7.05 Å². The van der Waals surface area contributed by atoms with E-state index in [-0.39, 0.29) is 13.1 Å². The third-order valence-corrected chi connectivity index (χ3v) is 3.75. The molecule has 0 aliphatic carbocycles. The summed E-state index contributed by atoms with van der Waals surface area (Å²) in [7, 11) is 1.79. The second-order valence-electron chi connectivity index (χ2n) is 5.04. The number of amides is 2. The fraction of sp³-hybridized carbons (Fsp3) is 0.250. The molecule has 1 aromatic carbocycles. The lowest BCUT2D eigenvalue weighted by Crippen LogP contribution is -2.41. The minimum absolute atomic E-state index is 0.0454. The summed E-state index contributed by atoms with van der Waals surface area (Å²) in [4.78, 5) is 23.5. The van der Waals surface area contributed by atoms with Gasteiger partial charge >= 0.3 is 11.8 Å². The lowest BCUT2D eigenvalue weighted by Gasteiger charge is -2.13. The van der Waals surface area contributed by atoms with Crippen molar-refractivity contribution in [3.05, 3.63) is 58.9 Å². The maximum absolute atomic E-state index is 11.7. The first-order valence-corrected chi connectivity index (χ1v) is 7.45. The number of rotatable bonds is 5. The van der Waals surface area contributed by atoms with Crippen molar-refractivity contribution >= 4 is 23.4 Å². The number of nitrogens with zero attached hydrogens (tertiary/aromatic N) is 1. The molecule has 0 radical (unpaired) electrons. The highest BCUT2D eigenvalue weighted by Gasteiger charge is 2.16. The Morgan fingerprint density at radius 1 is 1.17 bits per heavy atom. The number of carbonyl (C=O) groups excluding carboxylic acids is 2. The molecule has 2 rings (SSSR count). The number of aryl methyl sites for hydroxylation is 1. The molecule has 1 atom stereocenters. The first-order chi connectivity index (χ1) is 11.0. The Bertz CT molecular complexity index is 699. The minimum atomic E-state index is -0.879. The molecule has 6 nitrogen and oxygen atoms in total. The molecule has 0 spiro atoms. The number of benzene rings is 1. The maximum atomic E-state index is 11.7. The van der Waals surface area contributed by atoms with Gasteiger partial charge in [0, 0.05) is 37.1 Å². The molecule has 1 heterocycles. The van der Waals surface area contributed by atoms with Crippen LogP contribution < -0.4 is 10.6 Å². The molecule has 0 aliphatic heterocycles. The van der Waals surface area contributed by atoms with Gasteiger partial charge < -0.3 is 20.3 Å². The number of halogens is 1. The van der Waals surface area contributed by atoms with Gasteiger partial charge in [0.15, 0.2) is 0 Å². The van der Waals surface area contributed by atoms with E-state index in [0.29, 0.717) is 10.7 Å². The van der Waals surface area contributed by atoms with E-state index in [9.17, 15) is 14.7 Å². The molecular weight excluding hydrogens is 318 g/mol. The van der Waals surface area contributed by atoms with E-state index in [0.717, 1.165) is 5.56 Å². The molecule has 2 aromatic rings. The molecule has 23 heavy (non-hydrogen) atoms. The summed E-state index contributed by atoms with van der Waals surface area (Å²) in [6, 6.07) is 10.6. The van der Waals surface area contributed by atoms with E-state index < -0.39 is 17.9 Å². The quantitative estimate of drug-likeness (QED) is 0.717. The van der Waals surface area contributed by atoms with E-state index in [2.05, 4.69) is 10.6 Å². The summed E-state index contributed by atoms with van der Waals surface area (Å²) in [6.45, 7) is 0.114. The molecule has 0 bridgehead atoms. The van der Waals surface area contributed by atoms with Crippen LogP contribution in [0.2, 0.25) is 5.02 Å². The average molecular weight is 336 g/mol. The Labute approximate surface area is 139 Å². The molecule has 0 saturated heterocycles. The topological polar surface area (TPSA) is 83.4 Å². The van der Waals surface area contributed by atoms with E-state index in [4.69, 9.17) is 11.6 Å². The van der Waals surface area contributed by atoms with E-state index >= 15 is 0 Å². The highest BCUT2D eigenvalue weighted by Crippen LogP contribution is 2.14. The van der Waals surface area contributed by atoms with Crippen molar-refractivity contribution in [2.75, 3.05) is 6.54 Å². The number of aliphatic hydroxyl groups excluding tert-OH is 1. The normalized spacial score (nSPS) is 11.8. The van der Waals surface area contributed by atoms with Gasteiger partial charge in [-0.25, -0.2) is 0 Å². The molecular formula is C16H18ClN3O3. The summed E-state index contributed by atoms with van der Waals surface area (Å²) in [5.41, 5.74) is 1.38. The van der Waals surface area contributed by atoms with E-state index in [1.165, 1.54) is 0 Å². The monoisotopic (exact) mass is 335 g/mol. The number of aromatic nitrogens is 1. The highest BCUT2D eigenvalue weighted by atomic mass is 35.5. The molecule has 0 saturated carbocycles. The predicted molar refractivity (Wildman–Crippen MR) is 86.7 cm³/mol. The first-order valence-electron chi connectivity index (χ1n) is 7.07. The largest absolute Gasteiger partial charge is 0.385 e. The van der Waals surface area contributed by atoms with Gasteiger partial charge in [-0.05, 0) is 23.8 Å². The standard InChI is InChI=1S/C16H18ClN3O3/c1-20-8-4-7-13(20)14(21)10-19-16(23)15(22)18-9-11-5-2-3-6-12(11)17/h2-8,14,21H,9-10H2,1H3,(H,18,22)(H,19,23)/t14-/m0/s1. The summed E-state index contributed by atoms with van der Waals surface area (Å²) in [5, 5.41) is 15.4. The lowest BCUT2D eigenvalue weighted by molar-refractivity contribution is -0.139. The van der Waals surface area contributed by atoms with Crippen molar-refractivity contribution in [1.29, 1.82) is 0 Å². The van der Waals surface area contributed by atoms with Crippen molar-refractivity contribution in [3.63, 3.8) is 0 Å². The van der Waals surface area contributed by atoms with Crippen molar-refractivity contribution < 1.29 is 14.7 Å². The van der Waals surface area contributed by atoms with Gasteiger partial charge in [-0.2, -0.15) is 0 Å². The molecule has 122 valence electrons. The van der Waals surface area contributed by atoms with Crippen LogP contribution in [0, 0.1) is 0 Å². The molecule has 1 aromatic heterocycles. The summed E-state index contributed by atoms with van der Waals surface area (Å²) < 4.78 is 1.74. The fourth-order valence-electron chi connectivity index (χ4n) is 2.09. The third kappa shape index (κ3) is 4.58. The molecule has 3 N–H and O–H groups in total. The molecule has 0 aliphatic rings. The zero-order valence-corrected chi connectivity index (χ0v) is 13.4. The van der Waals surface area contributed by atoms with Crippen LogP contribution in [0.15, 0.2) is 42.6 Å². The molecule has 7 heteroatoms. The summed E-state index contributed by atoms with van der Waals surface area (Å²) in [6.07, 6.45) is 0.909. The minimum Gasteiger partial charge on any atom is -0.385 e. The van der Waals surface area contributed by atoms with Gasteiger partial charge in [0.1, 0.15) is 6.10 Å². The lowest BCUT2D eigenvalue weighted by atomic mass is 10.2. The van der Waals surface area contributed by atoms with Crippen LogP contribution in [-0.4, -0.2) is 28.0 Å². The number of hydrogen-bond acceptors (Lipinski definition) is 3. The van der Waals surface area contributed by atoms with Crippen molar-refractivity contribution in [3.8, 4) is 0 Å². The first kappa shape index (κ1) is 17.1. The average Bonchev–Trinajstić information content (AvgIpc) is 2.97. The SMILES string of the molecule is Cn1cccc1[C@@H](O)CNC(=O)C(=O)NCc1ccccc1Cl. The van der Waals surface area contributed by atoms with Gasteiger partial charge in [-0.1, -0.05) is 29.8 Å². The fourth-order valence-corrected chi connectivity index (χ4v) is 2.29. The number of carbonyl (C=O) groups is 2. The van der Waals surface area contributed by atoms with Crippen molar-refractivity contribution in [1.82, 2.24) is 15.2 Å². The van der Waals surface area contributed by atoms with Gasteiger partial charge in [0.2, 0.25) is 0 Å².